The summed E-state index contributed by atoms with van der Waals surface area (Å²) in [6.45, 7) is 2.42. The fourth-order valence-electron chi connectivity index (χ4n) is 2.87. The van der Waals surface area contributed by atoms with Crippen molar-refractivity contribution in [1.82, 2.24) is 9.97 Å². The van der Waals surface area contributed by atoms with Crippen molar-refractivity contribution in [2.75, 3.05) is 31.2 Å². The van der Waals surface area contributed by atoms with Gasteiger partial charge in [-0.05, 0) is 24.3 Å². The highest BCUT2D eigenvalue weighted by Gasteiger charge is 2.16. The van der Waals surface area contributed by atoms with E-state index < -0.39 is 4.92 Å². The molecule has 3 heterocycles. The van der Waals surface area contributed by atoms with Gasteiger partial charge < -0.3 is 14.1 Å². The summed E-state index contributed by atoms with van der Waals surface area (Å²) in [4.78, 5) is 20.5. The Bertz CT molecular complexity index is 1030. The van der Waals surface area contributed by atoms with Crippen LogP contribution in [0.15, 0.2) is 34.9 Å². The van der Waals surface area contributed by atoms with Crippen molar-refractivity contribution in [3.63, 3.8) is 0 Å². The van der Waals surface area contributed by atoms with Gasteiger partial charge in [-0.25, -0.2) is 14.4 Å². The van der Waals surface area contributed by atoms with Crippen LogP contribution in [0.5, 0.6) is 0 Å². The van der Waals surface area contributed by atoms with Crippen molar-refractivity contribution < 1.29 is 18.5 Å². The van der Waals surface area contributed by atoms with E-state index in [-0.39, 0.29) is 11.7 Å². The monoisotopic (exact) mass is 370 g/mol. The number of aromatic nitrogens is 2. The second-order valence-corrected chi connectivity index (χ2v) is 5.96. The second kappa shape index (κ2) is 7.12. The van der Waals surface area contributed by atoms with Crippen molar-refractivity contribution in [3.05, 3.63) is 58.0 Å². The summed E-state index contributed by atoms with van der Waals surface area (Å²) in [6, 6.07) is 5.86. The summed E-state index contributed by atoms with van der Waals surface area (Å²) in [5, 5.41) is 11.4. The van der Waals surface area contributed by atoms with E-state index in [9.17, 15) is 14.5 Å². The predicted molar refractivity (Wildman–Crippen MR) is 96.8 cm³/mol. The van der Waals surface area contributed by atoms with E-state index in [2.05, 4.69) is 9.97 Å². The molecular formula is C18H15FN4O4. The van der Waals surface area contributed by atoms with E-state index in [1.54, 1.807) is 18.3 Å². The van der Waals surface area contributed by atoms with Crippen molar-refractivity contribution in [3.8, 4) is 0 Å². The fraction of sp³-hybridized carbons (Fsp3) is 0.222. The van der Waals surface area contributed by atoms with Gasteiger partial charge in [0, 0.05) is 30.7 Å². The third kappa shape index (κ3) is 3.63. The largest absolute Gasteiger partial charge is 0.433 e. The Hall–Kier alpha value is -3.33. The highest BCUT2D eigenvalue weighted by molar-refractivity contribution is 5.83. The fourth-order valence-corrected chi connectivity index (χ4v) is 2.87. The molecule has 27 heavy (non-hydrogen) atoms. The number of hydrogen-bond acceptors (Lipinski definition) is 7. The minimum Gasteiger partial charge on any atom is -0.401 e. The minimum atomic E-state index is -0.612. The zero-order valence-electron chi connectivity index (χ0n) is 14.2. The number of rotatable bonds is 4. The van der Waals surface area contributed by atoms with Gasteiger partial charge in [-0.2, -0.15) is 0 Å². The molecule has 0 saturated carbocycles. The van der Waals surface area contributed by atoms with Gasteiger partial charge in [0.05, 0.1) is 30.5 Å². The molecule has 4 rings (SSSR count). The normalized spacial score (nSPS) is 14.9. The van der Waals surface area contributed by atoms with E-state index in [1.807, 2.05) is 4.90 Å². The molecule has 138 valence electrons. The molecule has 2 aromatic heterocycles. The summed E-state index contributed by atoms with van der Waals surface area (Å²) in [5.41, 5.74) is 0.991. The van der Waals surface area contributed by atoms with Crippen LogP contribution >= 0.6 is 0 Å². The van der Waals surface area contributed by atoms with Gasteiger partial charge in [0.15, 0.2) is 5.82 Å². The zero-order chi connectivity index (χ0) is 18.8. The minimum absolute atomic E-state index is 0.305. The predicted octanol–water partition coefficient (Wildman–Crippen LogP) is 3.28. The number of anilines is 1. The van der Waals surface area contributed by atoms with Crippen LogP contribution in [-0.4, -0.2) is 41.2 Å². The molecule has 1 aromatic carbocycles. The topological polar surface area (TPSA) is 94.5 Å². The van der Waals surface area contributed by atoms with Crippen molar-refractivity contribution in [2.24, 2.45) is 0 Å². The Labute approximate surface area is 153 Å². The number of nitrogens with zero attached hydrogens (tertiary/aromatic N) is 4. The SMILES string of the molecule is O=[N+]([O-])c1ccc(C=Cc2ncc3cc(N4CCOCC4)c(F)cc3n2)o1. The summed E-state index contributed by atoms with van der Waals surface area (Å²) in [6.07, 6.45) is 4.69. The third-order valence-corrected chi connectivity index (χ3v) is 4.21. The van der Waals surface area contributed by atoms with Crippen LogP contribution in [0.4, 0.5) is 16.0 Å². The average molecular weight is 370 g/mol. The smallest absolute Gasteiger partial charge is 0.401 e. The van der Waals surface area contributed by atoms with Crippen LogP contribution in [0, 0.1) is 15.9 Å². The maximum Gasteiger partial charge on any atom is 0.433 e. The van der Waals surface area contributed by atoms with E-state index in [0.717, 1.165) is 5.39 Å². The second-order valence-electron chi connectivity index (χ2n) is 5.96. The first kappa shape index (κ1) is 17.1. The van der Waals surface area contributed by atoms with Gasteiger partial charge in [-0.15, -0.1) is 0 Å². The molecule has 0 atom stereocenters. The van der Waals surface area contributed by atoms with Crippen molar-refractivity contribution in [1.29, 1.82) is 0 Å². The molecule has 0 unspecified atom stereocenters. The molecule has 0 bridgehead atoms. The van der Waals surface area contributed by atoms with Gasteiger partial charge in [-0.1, -0.05) is 0 Å². The average Bonchev–Trinajstić information content (AvgIpc) is 3.16. The van der Waals surface area contributed by atoms with E-state index in [4.69, 9.17) is 9.15 Å². The molecule has 9 heteroatoms. The summed E-state index contributed by atoms with van der Waals surface area (Å²) in [7, 11) is 0. The van der Waals surface area contributed by atoms with Gasteiger partial charge in [0.25, 0.3) is 0 Å². The van der Waals surface area contributed by atoms with Crippen LogP contribution in [0.1, 0.15) is 11.6 Å². The van der Waals surface area contributed by atoms with Crippen LogP contribution in [0.2, 0.25) is 0 Å². The zero-order valence-corrected chi connectivity index (χ0v) is 14.2. The Kier molecular flexibility index (Phi) is 4.51. The Morgan fingerprint density at radius 1 is 1.22 bits per heavy atom. The number of ether oxygens (including phenoxy) is 1. The lowest BCUT2D eigenvalue weighted by Crippen LogP contribution is -2.36. The molecule has 1 fully saturated rings. The highest BCUT2D eigenvalue weighted by Crippen LogP contribution is 2.26. The first-order valence-corrected chi connectivity index (χ1v) is 8.31. The molecule has 8 nitrogen and oxygen atoms in total. The van der Waals surface area contributed by atoms with Crippen LogP contribution in [-0.2, 0) is 4.74 Å². The van der Waals surface area contributed by atoms with E-state index >= 15 is 0 Å². The molecule has 0 aliphatic carbocycles. The Morgan fingerprint density at radius 2 is 2.04 bits per heavy atom. The molecule has 0 radical (unpaired) electrons. The van der Waals surface area contributed by atoms with E-state index in [0.29, 0.717) is 49.1 Å². The van der Waals surface area contributed by atoms with E-state index in [1.165, 1.54) is 24.3 Å². The Morgan fingerprint density at radius 3 is 2.78 bits per heavy atom. The van der Waals surface area contributed by atoms with Crippen LogP contribution in [0.3, 0.4) is 0 Å². The number of hydrogen-bond donors (Lipinski definition) is 0. The molecule has 0 spiro atoms. The Balaban J connectivity index is 1.60. The first-order chi connectivity index (χ1) is 13.1. The molecule has 1 aliphatic heterocycles. The highest BCUT2D eigenvalue weighted by atomic mass is 19.1. The lowest BCUT2D eigenvalue weighted by Gasteiger charge is -2.29. The van der Waals surface area contributed by atoms with Gasteiger partial charge in [-0.3, -0.25) is 10.1 Å². The van der Waals surface area contributed by atoms with Crippen LogP contribution < -0.4 is 4.90 Å². The van der Waals surface area contributed by atoms with Gasteiger partial charge in [0.1, 0.15) is 16.5 Å². The molecule has 1 aliphatic rings. The van der Waals surface area contributed by atoms with Crippen molar-refractivity contribution >= 4 is 34.6 Å². The van der Waals surface area contributed by atoms with Gasteiger partial charge >= 0.3 is 5.88 Å². The maximum atomic E-state index is 14.5. The standard InChI is InChI=1S/C18H15FN4O4/c19-14-10-15-12(9-16(14)22-5-7-26-8-6-22)11-20-17(21-15)3-1-13-2-4-18(27-13)23(24)25/h1-4,9-11H,5-8H2. The molecular weight excluding hydrogens is 355 g/mol. The molecule has 3 aromatic rings. The lowest BCUT2D eigenvalue weighted by molar-refractivity contribution is -0.402. The summed E-state index contributed by atoms with van der Waals surface area (Å²) < 4.78 is 24.9. The first-order valence-electron chi connectivity index (χ1n) is 8.31. The summed E-state index contributed by atoms with van der Waals surface area (Å²) >= 11 is 0. The number of nitro groups is 1. The number of furan rings is 1. The molecule has 1 saturated heterocycles. The number of morpholine rings is 1. The maximum absolute atomic E-state index is 14.5. The number of benzene rings is 1. The number of halogens is 1. The number of fused-ring (bicyclic) bond motifs is 1. The van der Waals surface area contributed by atoms with Crippen molar-refractivity contribution in [2.45, 2.75) is 0 Å². The van der Waals surface area contributed by atoms with Crippen LogP contribution in [0.25, 0.3) is 23.1 Å². The third-order valence-electron chi connectivity index (χ3n) is 4.21. The summed E-state index contributed by atoms with van der Waals surface area (Å²) in [5.74, 6) is -0.0363. The molecule has 0 amide bonds. The lowest BCUT2D eigenvalue weighted by atomic mass is 10.2. The molecule has 0 N–H and O–H groups in total. The quantitative estimate of drug-likeness (QED) is 0.514. The van der Waals surface area contributed by atoms with Gasteiger partial charge in [0.2, 0.25) is 0 Å².